The standard InChI is InChI=1S/C9H20N2/c10-8-6-4-2-1-3-5-7-9-11/h8-9H,1-7,10-11H2. The van der Waals surface area contributed by atoms with Gasteiger partial charge in [0.1, 0.15) is 0 Å². The SMILES string of the molecule is N[CH]CCCCCCC[CH]N. The van der Waals surface area contributed by atoms with E-state index in [2.05, 4.69) is 0 Å². The molecule has 0 bridgehead atoms. The summed E-state index contributed by atoms with van der Waals surface area (Å²) in [6.45, 7) is 3.49. The first-order chi connectivity index (χ1) is 5.41. The second kappa shape index (κ2) is 9.92. The molecule has 0 saturated heterocycles. The quantitative estimate of drug-likeness (QED) is 0.528. The first-order valence-electron chi connectivity index (χ1n) is 4.48. The normalized spacial score (nSPS) is 10.4. The molecule has 0 amide bonds. The summed E-state index contributed by atoms with van der Waals surface area (Å²) < 4.78 is 0. The van der Waals surface area contributed by atoms with Crippen LogP contribution in [0.5, 0.6) is 0 Å². The van der Waals surface area contributed by atoms with Gasteiger partial charge in [0.2, 0.25) is 0 Å². The van der Waals surface area contributed by atoms with Gasteiger partial charge in [0.25, 0.3) is 0 Å². The Morgan fingerprint density at radius 3 is 1.36 bits per heavy atom. The summed E-state index contributed by atoms with van der Waals surface area (Å²) in [4.78, 5) is 0. The Hall–Kier alpha value is -0.0800. The predicted molar refractivity (Wildman–Crippen MR) is 49.3 cm³/mol. The molecule has 0 aliphatic rings. The van der Waals surface area contributed by atoms with Crippen LogP contribution in [0.4, 0.5) is 0 Å². The molecule has 0 aromatic rings. The summed E-state index contributed by atoms with van der Waals surface area (Å²) in [6.07, 6.45) is 8.52. The third-order valence-corrected chi connectivity index (χ3v) is 1.74. The number of rotatable bonds is 8. The van der Waals surface area contributed by atoms with Crippen LogP contribution in [0, 0.1) is 13.1 Å². The van der Waals surface area contributed by atoms with E-state index in [1.165, 1.54) is 32.1 Å². The van der Waals surface area contributed by atoms with Crippen LogP contribution in [-0.4, -0.2) is 0 Å². The predicted octanol–water partition coefficient (Wildman–Crippen LogP) is 1.96. The number of hydrogen-bond donors (Lipinski definition) is 2. The Kier molecular flexibility index (Phi) is 9.85. The van der Waals surface area contributed by atoms with Gasteiger partial charge in [-0.25, -0.2) is 0 Å². The molecule has 0 aromatic carbocycles. The molecule has 4 N–H and O–H groups in total. The molecule has 0 unspecified atom stereocenters. The molecule has 0 fully saturated rings. The first kappa shape index (κ1) is 10.9. The van der Waals surface area contributed by atoms with Crippen molar-refractivity contribution in [3.63, 3.8) is 0 Å². The van der Waals surface area contributed by atoms with Crippen LogP contribution >= 0.6 is 0 Å². The molecule has 2 heteroatoms. The highest BCUT2D eigenvalue weighted by Crippen LogP contribution is 2.06. The first-order valence-corrected chi connectivity index (χ1v) is 4.48. The summed E-state index contributed by atoms with van der Waals surface area (Å²) in [5, 5.41) is 0. The van der Waals surface area contributed by atoms with E-state index in [1.807, 2.05) is 0 Å². The average Bonchev–Trinajstić information content (AvgIpc) is 2.03. The van der Waals surface area contributed by atoms with E-state index in [4.69, 9.17) is 11.5 Å². The smallest absolute Gasteiger partial charge is 0.0192 e. The fourth-order valence-electron chi connectivity index (χ4n) is 1.05. The lowest BCUT2D eigenvalue weighted by molar-refractivity contribution is 0.607. The van der Waals surface area contributed by atoms with Crippen molar-refractivity contribution in [3.05, 3.63) is 13.1 Å². The van der Waals surface area contributed by atoms with Crippen LogP contribution in [0.25, 0.3) is 0 Å². The Morgan fingerprint density at radius 2 is 1.00 bits per heavy atom. The maximum Gasteiger partial charge on any atom is 0.0192 e. The van der Waals surface area contributed by atoms with Crippen molar-refractivity contribution in [1.29, 1.82) is 0 Å². The lowest BCUT2D eigenvalue weighted by Gasteiger charge is -1.98. The minimum Gasteiger partial charge on any atom is -0.326 e. The number of nitrogens with two attached hydrogens (primary N) is 2. The Balaban J connectivity index is 2.69. The van der Waals surface area contributed by atoms with Gasteiger partial charge in [-0.1, -0.05) is 32.1 Å². The van der Waals surface area contributed by atoms with Crippen LogP contribution in [0.2, 0.25) is 0 Å². The van der Waals surface area contributed by atoms with E-state index < -0.39 is 0 Å². The fourth-order valence-corrected chi connectivity index (χ4v) is 1.05. The molecule has 11 heavy (non-hydrogen) atoms. The highest BCUT2D eigenvalue weighted by atomic mass is 14.5. The van der Waals surface area contributed by atoms with Crippen LogP contribution in [-0.2, 0) is 0 Å². The largest absolute Gasteiger partial charge is 0.326 e. The van der Waals surface area contributed by atoms with Crippen molar-refractivity contribution in [2.24, 2.45) is 11.5 Å². The molecule has 66 valence electrons. The van der Waals surface area contributed by atoms with E-state index in [0.29, 0.717) is 0 Å². The minimum absolute atomic E-state index is 1.06. The highest BCUT2D eigenvalue weighted by molar-refractivity contribution is 4.56. The van der Waals surface area contributed by atoms with Gasteiger partial charge in [-0.3, -0.25) is 0 Å². The average molecular weight is 156 g/mol. The van der Waals surface area contributed by atoms with Gasteiger partial charge < -0.3 is 11.5 Å². The van der Waals surface area contributed by atoms with E-state index >= 15 is 0 Å². The summed E-state index contributed by atoms with van der Waals surface area (Å²) in [5.74, 6) is 0. The van der Waals surface area contributed by atoms with Gasteiger partial charge in [-0.15, -0.1) is 0 Å². The van der Waals surface area contributed by atoms with Crippen molar-refractivity contribution < 1.29 is 0 Å². The van der Waals surface area contributed by atoms with Crippen molar-refractivity contribution in [2.75, 3.05) is 0 Å². The zero-order chi connectivity index (χ0) is 8.36. The van der Waals surface area contributed by atoms with Crippen LogP contribution < -0.4 is 11.5 Å². The van der Waals surface area contributed by atoms with Gasteiger partial charge in [-0.2, -0.15) is 0 Å². The third kappa shape index (κ3) is 9.92. The van der Waals surface area contributed by atoms with Gasteiger partial charge in [-0.05, 0) is 12.8 Å². The Morgan fingerprint density at radius 1 is 0.636 bits per heavy atom. The third-order valence-electron chi connectivity index (χ3n) is 1.74. The van der Waals surface area contributed by atoms with Gasteiger partial charge in [0.15, 0.2) is 0 Å². The van der Waals surface area contributed by atoms with E-state index in [9.17, 15) is 0 Å². The maximum absolute atomic E-state index is 5.24. The molecule has 0 saturated carbocycles. The minimum atomic E-state index is 1.06. The van der Waals surface area contributed by atoms with Gasteiger partial charge in [0, 0.05) is 13.1 Å². The highest BCUT2D eigenvalue weighted by Gasteiger charge is 1.89. The van der Waals surface area contributed by atoms with E-state index in [0.717, 1.165) is 12.8 Å². The van der Waals surface area contributed by atoms with Gasteiger partial charge >= 0.3 is 0 Å². The van der Waals surface area contributed by atoms with Crippen LogP contribution in [0.3, 0.4) is 0 Å². The second-order valence-electron chi connectivity index (χ2n) is 2.82. The fraction of sp³-hybridized carbons (Fsp3) is 0.778. The summed E-state index contributed by atoms with van der Waals surface area (Å²) >= 11 is 0. The zero-order valence-corrected chi connectivity index (χ0v) is 7.26. The molecule has 0 heterocycles. The molecular formula is C9H20N2. The van der Waals surface area contributed by atoms with E-state index in [-0.39, 0.29) is 0 Å². The van der Waals surface area contributed by atoms with Crippen molar-refractivity contribution in [2.45, 2.75) is 44.9 Å². The topological polar surface area (TPSA) is 52.0 Å². The van der Waals surface area contributed by atoms with Crippen molar-refractivity contribution in [3.8, 4) is 0 Å². The molecule has 0 aromatic heterocycles. The Labute approximate surface area is 70.3 Å². The summed E-state index contributed by atoms with van der Waals surface area (Å²) in [5.41, 5.74) is 10.5. The number of hydrogen-bond acceptors (Lipinski definition) is 2. The summed E-state index contributed by atoms with van der Waals surface area (Å²) in [7, 11) is 0. The maximum atomic E-state index is 5.24. The Bertz CT molecular complexity index is 56.6. The van der Waals surface area contributed by atoms with Crippen molar-refractivity contribution >= 4 is 0 Å². The second-order valence-corrected chi connectivity index (χ2v) is 2.82. The number of unbranched alkanes of at least 4 members (excludes halogenated alkanes) is 6. The van der Waals surface area contributed by atoms with Crippen molar-refractivity contribution in [1.82, 2.24) is 0 Å². The lowest BCUT2D eigenvalue weighted by atomic mass is 10.1. The lowest BCUT2D eigenvalue weighted by Crippen LogP contribution is -1.91. The molecule has 0 spiro atoms. The zero-order valence-electron chi connectivity index (χ0n) is 7.26. The van der Waals surface area contributed by atoms with Crippen LogP contribution in [0.1, 0.15) is 44.9 Å². The van der Waals surface area contributed by atoms with Gasteiger partial charge in [0.05, 0.1) is 0 Å². The monoisotopic (exact) mass is 156 g/mol. The molecule has 2 nitrogen and oxygen atoms in total. The molecule has 0 rings (SSSR count). The molecule has 0 aliphatic heterocycles. The molecule has 2 radical (unpaired) electrons. The summed E-state index contributed by atoms with van der Waals surface area (Å²) in [6, 6.07) is 0. The molecule has 0 aliphatic carbocycles. The molecule has 0 atom stereocenters. The van der Waals surface area contributed by atoms with Crippen LogP contribution in [0.15, 0.2) is 0 Å². The molecular weight excluding hydrogens is 136 g/mol. The van der Waals surface area contributed by atoms with E-state index in [1.54, 1.807) is 13.1 Å².